The first-order valence-corrected chi connectivity index (χ1v) is 10.5. The smallest absolute Gasteiger partial charge is 0.150 e. The van der Waals surface area contributed by atoms with Crippen LogP contribution in [0.5, 0.6) is 0 Å². The molecule has 0 amide bonds. The molecule has 0 atom stereocenters. The quantitative estimate of drug-likeness (QED) is 0.159. The number of carbonyl (C=O) groups excluding carboxylic acids is 1. The maximum atomic E-state index is 11.0. The molecule has 6 N–H and O–H groups in total. The van der Waals surface area contributed by atoms with Crippen LogP contribution < -0.4 is 16.5 Å². The van der Waals surface area contributed by atoms with Crippen molar-refractivity contribution in [3.63, 3.8) is 0 Å². The summed E-state index contributed by atoms with van der Waals surface area (Å²) in [6.45, 7) is 5.46. The number of aldehydes is 1. The van der Waals surface area contributed by atoms with Crippen molar-refractivity contribution in [2.75, 3.05) is 25.5 Å². The van der Waals surface area contributed by atoms with Crippen LogP contribution in [-0.2, 0) is 39.3 Å². The average molecular weight is 532 g/mol. The van der Waals surface area contributed by atoms with Gasteiger partial charge in [0.1, 0.15) is 12.1 Å². The molecule has 179 valence electrons. The molecule has 0 unspecified atom stereocenters. The molecule has 1 aromatic carbocycles. The number of pyridine rings is 1. The fourth-order valence-electron chi connectivity index (χ4n) is 3.01. The van der Waals surface area contributed by atoms with Gasteiger partial charge in [-0.05, 0) is 56.5 Å². The Morgan fingerprint density at radius 1 is 1.24 bits per heavy atom. The Morgan fingerprint density at radius 3 is 2.42 bits per heavy atom. The van der Waals surface area contributed by atoms with Crippen LogP contribution in [-0.4, -0.2) is 59.2 Å². The van der Waals surface area contributed by atoms with Crippen molar-refractivity contribution < 1.29 is 47.7 Å². The number of aliphatic hydroxyl groups is 2. The summed E-state index contributed by atoms with van der Waals surface area (Å²) in [5.41, 5.74) is 11.5. The van der Waals surface area contributed by atoms with E-state index in [-0.39, 0.29) is 38.8 Å². The van der Waals surface area contributed by atoms with E-state index in [1.807, 2.05) is 30.3 Å². The second-order valence-electron chi connectivity index (χ2n) is 7.40. The molecular formula is C23H35N6O3Y-. The van der Waals surface area contributed by atoms with Crippen LogP contribution in [0.1, 0.15) is 42.6 Å². The molecule has 1 radical (unpaired) electrons. The topological polar surface area (TPSA) is 147 Å². The molecule has 0 bridgehead atoms. The third kappa shape index (κ3) is 11.7. The number of amidine groups is 1. The van der Waals surface area contributed by atoms with Crippen molar-refractivity contribution in [2.45, 2.75) is 44.9 Å². The number of hydrazone groups is 1. The first-order chi connectivity index (χ1) is 15.4. The van der Waals surface area contributed by atoms with Gasteiger partial charge >= 0.3 is 0 Å². The Morgan fingerprint density at radius 2 is 1.85 bits per heavy atom. The third-order valence-electron chi connectivity index (χ3n) is 4.52. The predicted octanol–water partition coefficient (Wildman–Crippen LogP) is 2.27. The minimum Gasteiger partial charge on any atom is -0.662 e. The molecule has 1 aliphatic rings. The molecule has 0 spiro atoms. The van der Waals surface area contributed by atoms with Gasteiger partial charge in [-0.15, -0.1) is 13.1 Å². The minimum atomic E-state index is -0.478. The first-order valence-electron chi connectivity index (χ1n) is 10.5. The number of rotatable bonds is 7. The van der Waals surface area contributed by atoms with Crippen LogP contribution in [0.4, 0.5) is 5.69 Å². The summed E-state index contributed by atoms with van der Waals surface area (Å²) in [5.74, 6) is 0.498. The number of aliphatic hydroxyl groups excluding tert-OH is 2. The number of nitrogens with zero attached hydrogens (tertiary/aromatic N) is 3. The summed E-state index contributed by atoms with van der Waals surface area (Å²) in [5, 5.41) is 27.4. The zero-order valence-electron chi connectivity index (χ0n) is 19.6. The van der Waals surface area contributed by atoms with Crippen molar-refractivity contribution in [3.05, 3.63) is 65.2 Å². The Kier molecular flexibility index (Phi) is 16.5. The molecule has 0 aliphatic carbocycles. The van der Waals surface area contributed by atoms with Crippen molar-refractivity contribution in [1.82, 2.24) is 10.4 Å². The monoisotopic (exact) mass is 532 g/mol. The molecular weight excluding hydrogens is 497 g/mol. The van der Waals surface area contributed by atoms with Gasteiger partial charge in [-0.25, -0.2) is 0 Å². The molecule has 1 fully saturated rings. The SMILES string of the molecule is CC(C)O.CO.N/C(=N\NCc1ccncc1)C1(Nc2cccc(C=O)c2)CC[N-]CC1.[Y]. The van der Waals surface area contributed by atoms with E-state index in [1.54, 1.807) is 32.3 Å². The van der Waals surface area contributed by atoms with Gasteiger partial charge in [-0.3, -0.25) is 9.78 Å². The number of aromatic nitrogens is 1. The Bertz CT molecular complexity index is 812. The number of hydrogen-bond donors (Lipinski definition) is 5. The summed E-state index contributed by atoms with van der Waals surface area (Å²) in [4.78, 5) is 15.0. The summed E-state index contributed by atoms with van der Waals surface area (Å²) in [6, 6.07) is 11.2. The van der Waals surface area contributed by atoms with Gasteiger partial charge in [0.25, 0.3) is 0 Å². The fraction of sp³-hybridized carbons (Fsp3) is 0.435. The number of nitrogens with one attached hydrogen (secondary N) is 2. The second kappa shape index (κ2) is 17.6. The molecule has 3 rings (SSSR count). The van der Waals surface area contributed by atoms with E-state index in [4.69, 9.17) is 15.9 Å². The second-order valence-corrected chi connectivity index (χ2v) is 7.40. The summed E-state index contributed by atoms with van der Waals surface area (Å²) in [7, 11) is 1.00. The molecule has 1 aromatic heterocycles. The Hall–Kier alpha value is -1.91. The Balaban J connectivity index is 0.00000132. The van der Waals surface area contributed by atoms with E-state index in [9.17, 15) is 4.79 Å². The van der Waals surface area contributed by atoms with Crippen LogP contribution in [0, 0.1) is 0 Å². The van der Waals surface area contributed by atoms with E-state index < -0.39 is 5.54 Å². The van der Waals surface area contributed by atoms with E-state index in [1.165, 1.54) is 0 Å². The van der Waals surface area contributed by atoms with Crippen LogP contribution in [0.3, 0.4) is 0 Å². The van der Waals surface area contributed by atoms with Crippen molar-refractivity contribution in [2.24, 2.45) is 10.8 Å². The molecule has 2 aromatic rings. The van der Waals surface area contributed by atoms with Crippen LogP contribution >= 0.6 is 0 Å². The van der Waals surface area contributed by atoms with Gasteiger partial charge in [-0.1, -0.05) is 12.1 Å². The number of piperidine rings is 1. The molecule has 33 heavy (non-hydrogen) atoms. The molecule has 10 heteroatoms. The van der Waals surface area contributed by atoms with Gasteiger partial charge < -0.3 is 32.0 Å². The number of benzene rings is 1. The van der Waals surface area contributed by atoms with Crippen molar-refractivity contribution in [3.8, 4) is 0 Å². The largest absolute Gasteiger partial charge is 0.662 e. The molecule has 1 aliphatic heterocycles. The first kappa shape index (κ1) is 31.1. The molecule has 2 heterocycles. The standard InChI is InChI=1S/C19H23N6O.C3H8O.CH4O.Y/c20-18(25-23-13-15-4-8-21-9-5-15)19(6-10-22-11-7-19)24-17-3-1-2-16(12-17)14-26;1-3(2)4;1-2;/h1-5,8-9,12,14,23-24H,6-7,10-11,13H2,(H2,20,25);3-4H,1-2H3;2H,1H3;/q-1;;;. The summed E-state index contributed by atoms with van der Waals surface area (Å²) >= 11 is 0. The predicted molar refractivity (Wildman–Crippen MR) is 129 cm³/mol. The van der Waals surface area contributed by atoms with E-state index in [2.05, 4.69) is 26.1 Å². The summed E-state index contributed by atoms with van der Waals surface area (Å²) < 4.78 is 0. The fourth-order valence-corrected chi connectivity index (χ4v) is 3.01. The number of nitrogens with two attached hydrogens (primary N) is 1. The normalized spacial score (nSPS) is 14.4. The van der Waals surface area contributed by atoms with Crippen molar-refractivity contribution in [1.29, 1.82) is 0 Å². The maximum absolute atomic E-state index is 11.0. The molecule has 9 nitrogen and oxygen atoms in total. The van der Waals surface area contributed by atoms with Crippen LogP contribution in [0.2, 0.25) is 0 Å². The van der Waals surface area contributed by atoms with E-state index in [0.717, 1.165) is 50.6 Å². The van der Waals surface area contributed by atoms with E-state index >= 15 is 0 Å². The maximum Gasteiger partial charge on any atom is 0.150 e. The molecule has 0 saturated carbocycles. The van der Waals surface area contributed by atoms with Crippen LogP contribution in [0.25, 0.3) is 5.32 Å². The summed E-state index contributed by atoms with van der Waals surface area (Å²) in [6.07, 6.45) is 5.67. The van der Waals surface area contributed by atoms with Gasteiger partial charge in [0.15, 0.2) is 0 Å². The van der Waals surface area contributed by atoms with Crippen LogP contribution in [0.15, 0.2) is 53.9 Å². The van der Waals surface area contributed by atoms with Gasteiger partial charge in [0.2, 0.25) is 0 Å². The number of carbonyl (C=O) groups is 1. The molecule has 1 saturated heterocycles. The van der Waals surface area contributed by atoms with Gasteiger partial charge in [-0.2, -0.15) is 5.10 Å². The zero-order valence-corrected chi connectivity index (χ0v) is 22.4. The van der Waals surface area contributed by atoms with E-state index in [0.29, 0.717) is 17.9 Å². The Labute approximate surface area is 221 Å². The minimum absolute atomic E-state index is 0. The average Bonchev–Trinajstić information content (AvgIpc) is 2.81. The van der Waals surface area contributed by atoms with Gasteiger partial charge in [0.05, 0.1) is 12.1 Å². The zero-order chi connectivity index (χ0) is 23.8. The third-order valence-corrected chi connectivity index (χ3v) is 4.52. The van der Waals surface area contributed by atoms with Crippen molar-refractivity contribution >= 4 is 17.8 Å². The number of hydrogen-bond acceptors (Lipinski definition) is 7. The number of anilines is 1. The van der Waals surface area contributed by atoms with Gasteiger partial charge in [0, 0.05) is 69.6 Å².